The minimum absolute atomic E-state index is 0.0446. The van der Waals surface area contributed by atoms with E-state index >= 15 is 0 Å². The molecule has 2 fully saturated rings. The highest BCUT2D eigenvalue weighted by Crippen LogP contribution is 2.38. The number of nitrogens with one attached hydrogen (secondary N) is 1. The summed E-state index contributed by atoms with van der Waals surface area (Å²) in [6.07, 6.45) is 3.87. The summed E-state index contributed by atoms with van der Waals surface area (Å²) in [7, 11) is 0. The van der Waals surface area contributed by atoms with Gasteiger partial charge in [-0.2, -0.15) is 5.10 Å². The molecule has 1 amide bonds. The number of H-pyrrole nitrogens is 1. The predicted octanol–water partition coefficient (Wildman–Crippen LogP) is 1.17. The van der Waals surface area contributed by atoms with Gasteiger partial charge in [-0.25, -0.2) is 0 Å². The maximum atomic E-state index is 12.4. The predicted molar refractivity (Wildman–Crippen MR) is 64.5 cm³/mol. The summed E-state index contributed by atoms with van der Waals surface area (Å²) in [5.74, 6) is 1.80. The van der Waals surface area contributed by atoms with Gasteiger partial charge in [-0.15, -0.1) is 0 Å². The molecule has 1 aliphatic carbocycles. The van der Waals surface area contributed by atoms with Crippen LogP contribution in [-0.2, 0) is 0 Å². The number of rotatable bonds is 1. The molecule has 1 aromatic rings. The van der Waals surface area contributed by atoms with E-state index in [2.05, 4.69) is 10.2 Å². The highest BCUT2D eigenvalue weighted by Gasteiger charge is 2.39. The normalized spacial score (nSPS) is 27.5. The second kappa shape index (κ2) is 3.75. The van der Waals surface area contributed by atoms with Gasteiger partial charge in [0, 0.05) is 18.8 Å². The Hall–Kier alpha value is -1.52. The summed E-state index contributed by atoms with van der Waals surface area (Å²) in [4.78, 5) is 14.3. The molecule has 5 heteroatoms. The van der Waals surface area contributed by atoms with Crippen LogP contribution in [0.25, 0.3) is 0 Å². The third-order valence-corrected chi connectivity index (χ3v) is 4.20. The molecule has 0 aromatic carbocycles. The molecule has 0 radical (unpaired) electrons. The summed E-state index contributed by atoms with van der Waals surface area (Å²) in [6.45, 7) is 3.63. The number of hydrogen-bond acceptors (Lipinski definition) is 3. The Kier molecular flexibility index (Phi) is 2.34. The summed E-state index contributed by atoms with van der Waals surface area (Å²) in [5, 5.41) is 6.66. The zero-order valence-electron chi connectivity index (χ0n) is 10.1. The lowest BCUT2D eigenvalue weighted by Gasteiger charge is -2.17. The monoisotopic (exact) mass is 234 g/mol. The zero-order chi connectivity index (χ0) is 12.0. The van der Waals surface area contributed by atoms with E-state index in [0.717, 1.165) is 18.8 Å². The van der Waals surface area contributed by atoms with Crippen molar-refractivity contribution in [3.63, 3.8) is 0 Å². The molecule has 2 unspecified atom stereocenters. The molecular formula is C12H18N4O. The number of likely N-dealkylation sites (tertiary alicyclic amines) is 1. The van der Waals surface area contributed by atoms with E-state index in [4.69, 9.17) is 5.73 Å². The van der Waals surface area contributed by atoms with Crippen LogP contribution in [0.15, 0.2) is 0 Å². The van der Waals surface area contributed by atoms with E-state index in [1.807, 2.05) is 11.8 Å². The second-order valence-corrected chi connectivity index (χ2v) is 5.27. The fourth-order valence-electron chi connectivity index (χ4n) is 3.28. The smallest absolute Gasteiger partial charge is 0.259 e. The topological polar surface area (TPSA) is 75.0 Å². The van der Waals surface area contributed by atoms with Crippen molar-refractivity contribution < 1.29 is 4.79 Å². The van der Waals surface area contributed by atoms with Gasteiger partial charge in [-0.05, 0) is 31.6 Å². The molecule has 17 heavy (non-hydrogen) atoms. The molecule has 2 aliphatic rings. The molecule has 92 valence electrons. The van der Waals surface area contributed by atoms with Gasteiger partial charge in [0.2, 0.25) is 0 Å². The number of anilines is 1. The minimum Gasteiger partial charge on any atom is -0.382 e. The Morgan fingerprint density at radius 3 is 2.59 bits per heavy atom. The summed E-state index contributed by atoms with van der Waals surface area (Å²) >= 11 is 0. The van der Waals surface area contributed by atoms with Crippen LogP contribution in [0.3, 0.4) is 0 Å². The quantitative estimate of drug-likeness (QED) is 0.766. The van der Waals surface area contributed by atoms with Gasteiger partial charge < -0.3 is 10.6 Å². The lowest BCUT2D eigenvalue weighted by atomic mass is 10.0. The first-order valence-electron chi connectivity index (χ1n) is 6.26. The molecule has 0 spiro atoms. The van der Waals surface area contributed by atoms with Crippen LogP contribution in [0.4, 0.5) is 5.82 Å². The molecular weight excluding hydrogens is 216 g/mol. The van der Waals surface area contributed by atoms with E-state index in [0.29, 0.717) is 23.2 Å². The van der Waals surface area contributed by atoms with Crippen LogP contribution < -0.4 is 5.73 Å². The maximum absolute atomic E-state index is 12.4. The third kappa shape index (κ3) is 1.61. The number of amides is 1. The van der Waals surface area contributed by atoms with Crippen molar-refractivity contribution in [2.24, 2.45) is 11.8 Å². The second-order valence-electron chi connectivity index (χ2n) is 5.27. The molecule has 2 atom stereocenters. The molecule has 1 aliphatic heterocycles. The number of fused-ring (bicyclic) bond motifs is 1. The first-order valence-corrected chi connectivity index (χ1v) is 6.26. The molecule has 1 saturated heterocycles. The molecule has 5 nitrogen and oxygen atoms in total. The van der Waals surface area contributed by atoms with Crippen molar-refractivity contribution >= 4 is 11.7 Å². The van der Waals surface area contributed by atoms with E-state index in [1.165, 1.54) is 19.3 Å². The molecule has 1 aromatic heterocycles. The summed E-state index contributed by atoms with van der Waals surface area (Å²) in [6, 6.07) is 0. The van der Waals surface area contributed by atoms with Crippen LogP contribution in [0.2, 0.25) is 0 Å². The molecule has 3 rings (SSSR count). The fraction of sp³-hybridized carbons (Fsp3) is 0.667. The van der Waals surface area contributed by atoms with Gasteiger partial charge in [0.15, 0.2) is 5.82 Å². The van der Waals surface area contributed by atoms with E-state index < -0.39 is 0 Å². The van der Waals surface area contributed by atoms with Gasteiger partial charge >= 0.3 is 0 Å². The van der Waals surface area contributed by atoms with E-state index in [9.17, 15) is 4.79 Å². The molecule has 1 saturated carbocycles. The standard InChI is InChI=1S/C12H18N4O/c1-7-10(11(13)15-14-7)12(17)16-5-8-3-2-4-9(8)6-16/h8-9H,2-6H2,1H3,(H3,13,14,15). The highest BCUT2D eigenvalue weighted by atomic mass is 16.2. The van der Waals surface area contributed by atoms with Crippen LogP contribution in [0.5, 0.6) is 0 Å². The van der Waals surface area contributed by atoms with Crippen LogP contribution in [0.1, 0.15) is 35.3 Å². The number of hydrogen-bond donors (Lipinski definition) is 2. The van der Waals surface area contributed by atoms with Crippen molar-refractivity contribution in [3.05, 3.63) is 11.3 Å². The van der Waals surface area contributed by atoms with Crippen molar-refractivity contribution in [1.29, 1.82) is 0 Å². The number of aryl methyl sites for hydroxylation is 1. The average Bonchev–Trinajstić information content (AvgIpc) is 2.92. The Labute approximate surface area is 100 Å². The SMILES string of the molecule is Cc1[nH]nc(N)c1C(=O)N1CC2CCCC2C1. The van der Waals surface area contributed by atoms with Crippen LogP contribution in [0, 0.1) is 18.8 Å². The van der Waals surface area contributed by atoms with Crippen molar-refractivity contribution in [3.8, 4) is 0 Å². The number of nitrogen functional groups attached to an aromatic ring is 1. The first kappa shape index (κ1) is 10.6. The largest absolute Gasteiger partial charge is 0.382 e. The lowest BCUT2D eigenvalue weighted by Crippen LogP contribution is -2.30. The summed E-state index contributed by atoms with van der Waals surface area (Å²) in [5.41, 5.74) is 7.06. The van der Waals surface area contributed by atoms with Gasteiger partial charge in [-0.1, -0.05) is 6.42 Å². The van der Waals surface area contributed by atoms with Gasteiger partial charge in [0.25, 0.3) is 5.91 Å². The number of aromatic amines is 1. The number of aromatic nitrogens is 2. The molecule has 3 N–H and O–H groups in total. The minimum atomic E-state index is 0.0446. The van der Waals surface area contributed by atoms with Gasteiger partial charge in [-0.3, -0.25) is 9.89 Å². The van der Waals surface area contributed by atoms with E-state index in [1.54, 1.807) is 0 Å². The maximum Gasteiger partial charge on any atom is 0.259 e. The van der Waals surface area contributed by atoms with E-state index in [-0.39, 0.29) is 5.91 Å². The van der Waals surface area contributed by atoms with Crippen LogP contribution >= 0.6 is 0 Å². The molecule has 0 bridgehead atoms. The first-order chi connectivity index (χ1) is 8.16. The lowest BCUT2D eigenvalue weighted by molar-refractivity contribution is 0.0781. The van der Waals surface area contributed by atoms with Crippen molar-refractivity contribution in [1.82, 2.24) is 15.1 Å². The number of nitrogens with two attached hydrogens (primary N) is 1. The number of nitrogens with zero attached hydrogens (tertiary/aromatic N) is 2. The third-order valence-electron chi connectivity index (χ3n) is 4.20. The fourth-order valence-corrected chi connectivity index (χ4v) is 3.28. The van der Waals surface area contributed by atoms with Crippen LogP contribution in [-0.4, -0.2) is 34.1 Å². The summed E-state index contributed by atoms with van der Waals surface area (Å²) < 4.78 is 0. The van der Waals surface area contributed by atoms with Gasteiger partial charge in [0.05, 0.1) is 0 Å². The molecule has 2 heterocycles. The van der Waals surface area contributed by atoms with Gasteiger partial charge in [0.1, 0.15) is 5.56 Å². The zero-order valence-corrected chi connectivity index (χ0v) is 10.1. The Bertz CT molecular complexity index is 422. The Morgan fingerprint density at radius 2 is 2.06 bits per heavy atom. The Balaban J connectivity index is 1.80. The number of carbonyl (C=O) groups excluding carboxylic acids is 1. The highest BCUT2D eigenvalue weighted by molar-refractivity contribution is 5.99. The van der Waals surface area contributed by atoms with Crippen molar-refractivity contribution in [2.45, 2.75) is 26.2 Å². The average molecular weight is 234 g/mol. The van der Waals surface area contributed by atoms with Crippen molar-refractivity contribution in [2.75, 3.05) is 18.8 Å². The number of carbonyl (C=O) groups is 1. The Morgan fingerprint density at radius 1 is 1.41 bits per heavy atom.